The van der Waals surface area contributed by atoms with Crippen LogP contribution < -0.4 is 4.98 Å². The minimum absolute atomic E-state index is 1.01. The SMILES string of the molecule is Cc1cccc(N[Si](C)(C)C)n1. The summed E-state index contributed by atoms with van der Waals surface area (Å²) in [6.07, 6.45) is 0. The molecule has 66 valence electrons. The molecule has 3 heteroatoms. The molecule has 2 nitrogen and oxygen atoms in total. The first-order chi connectivity index (χ1) is 5.47. The maximum Gasteiger partial charge on any atom is 0.145 e. The molecule has 1 aromatic heterocycles. The van der Waals surface area contributed by atoms with Crippen LogP contribution in [0.2, 0.25) is 19.6 Å². The minimum Gasteiger partial charge on any atom is -0.396 e. The summed E-state index contributed by atoms with van der Waals surface area (Å²) in [5.74, 6) is 1.01. The van der Waals surface area contributed by atoms with Crippen LogP contribution in [-0.4, -0.2) is 13.2 Å². The number of rotatable bonds is 2. The van der Waals surface area contributed by atoms with Crippen molar-refractivity contribution in [3.63, 3.8) is 0 Å². The highest BCUT2D eigenvalue weighted by Crippen LogP contribution is 2.09. The van der Waals surface area contributed by atoms with Crippen LogP contribution in [0.5, 0.6) is 0 Å². The van der Waals surface area contributed by atoms with Gasteiger partial charge in [-0.2, -0.15) is 0 Å². The van der Waals surface area contributed by atoms with E-state index >= 15 is 0 Å². The fraction of sp³-hybridized carbons (Fsp3) is 0.444. The van der Waals surface area contributed by atoms with Crippen LogP contribution in [0.4, 0.5) is 5.82 Å². The molecule has 0 amide bonds. The fourth-order valence-corrected chi connectivity index (χ4v) is 1.90. The number of pyridine rings is 1. The molecule has 0 fully saturated rings. The molecule has 0 aromatic carbocycles. The third-order valence-corrected chi connectivity index (χ3v) is 2.40. The molecule has 1 rings (SSSR count). The molecule has 0 bridgehead atoms. The zero-order chi connectivity index (χ0) is 9.19. The second-order valence-corrected chi connectivity index (χ2v) is 8.79. The minimum atomic E-state index is -1.23. The Morgan fingerprint density at radius 2 is 1.92 bits per heavy atom. The molecule has 0 saturated carbocycles. The van der Waals surface area contributed by atoms with Crippen LogP contribution >= 0.6 is 0 Å². The van der Waals surface area contributed by atoms with E-state index in [1.807, 2.05) is 25.1 Å². The van der Waals surface area contributed by atoms with Gasteiger partial charge in [-0.25, -0.2) is 4.98 Å². The van der Waals surface area contributed by atoms with E-state index in [9.17, 15) is 0 Å². The van der Waals surface area contributed by atoms with Crippen LogP contribution in [0.15, 0.2) is 18.2 Å². The van der Waals surface area contributed by atoms with Gasteiger partial charge in [0.25, 0.3) is 0 Å². The number of nitrogens with zero attached hydrogens (tertiary/aromatic N) is 1. The average molecular weight is 180 g/mol. The van der Waals surface area contributed by atoms with Crippen molar-refractivity contribution < 1.29 is 0 Å². The Labute approximate surface area is 75.1 Å². The molecule has 0 radical (unpaired) electrons. The lowest BCUT2D eigenvalue weighted by Gasteiger charge is -2.18. The maximum atomic E-state index is 4.38. The summed E-state index contributed by atoms with van der Waals surface area (Å²) in [6, 6.07) is 6.06. The van der Waals surface area contributed by atoms with Crippen molar-refractivity contribution in [1.82, 2.24) is 4.98 Å². The molecule has 0 aliphatic heterocycles. The molecule has 0 spiro atoms. The van der Waals surface area contributed by atoms with Crippen molar-refractivity contribution in [1.29, 1.82) is 0 Å². The van der Waals surface area contributed by atoms with E-state index in [1.54, 1.807) is 0 Å². The summed E-state index contributed by atoms with van der Waals surface area (Å²) in [5, 5.41) is 0. The highest BCUT2D eigenvalue weighted by atomic mass is 28.3. The molecule has 12 heavy (non-hydrogen) atoms. The lowest BCUT2D eigenvalue weighted by molar-refractivity contribution is 1.20. The predicted molar refractivity (Wildman–Crippen MR) is 55.9 cm³/mol. The number of aryl methyl sites for hydroxylation is 1. The van der Waals surface area contributed by atoms with E-state index < -0.39 is 8.24 Å². The van der Waals surface area contributed by atoms with E-state index in [1.165, 1.54) is 0 Å². The Kier molecular flexibility index (Phi) is 2.52. The summed E-state index contributed by atoms with van der Waals surface area (Å²) >= 11 is 0. The summed E-state index contributed by atoms with van der Waals surface area (Å²) < 4.78 is 0. The summed E-state index contributed by atoms with van der Waals surface area (Å²) in [6.45, 7) is 8.79. The molecular formula is C9H16N2Si. The summed E-state index contributed by atoms with van der Waals surface area (Å²) in [4.78, 5) is 7.83. The summed E-state index contributed by atoms with van der Waals surface area (Å²) in [5.41, 5.74) is 1.07. The largest absolute Gasteiger partial charge is 0.396 e. The van der Waals surface area contributed by atoms with Gasteiger partial charge < -0.3 is 4.98 Å². The molecule has 1 N–H and O–H groups in total. The van der Waals surface area contributed by atoms with Crippen molar-refractivity contribution in [2.75, 3.05) is 4.98 Å². The first kappa shape index (κ1) is 9.26. The first-order valence-electron chi connectivity index (χ1n) is 4.19. The Hall–Kier alpha value is -0.833. The topological polar surface area (TPSA) is 24.9 Å². The van der Waals surface area contributed by atoms with E-state index in [-0.39, 0.29) is 0 Å². The number of aromatic nitrogens is 1. The van der Waals surface area contributed by atoms with Crippen molar-refractivity contribution in [2.24, 2.45) is 0 Å². The molecule has 0 saturated heterocycles. The van der Waals surface area contributed by atoms with Crippen molar-refractivity contribution >= 4 is 14.1 Å². The Morgan fingerprint density at radius 1 is 1.25 bits per heavy atom. The number of anilines is 1. The van der Waals surface area contributed by atoms with Gasteiger partial charge in [-0.05, 0) is 19.1 Å². The average Bonchev–Trinajstić information content (AvgIpc) is 1.82. The van der Waals surface area contributed by atoms with Gasteiger partial charge in [0.1, 0.15) is 14.1 Å². The van der Waals surface area contributed by atoms with Crippen LogP contribution in [0, 0.1) is 6.92 Å². The second kappa shape index (κ2) is 3.27. The number of hydrogen-bond acceptors (Lipinski definition) is 2. The van der Waals surface area contributed by atoms with Gasteiger partial charge in [0, 0.05) is 5.69 Å². The molecular weight excluding hydrogens is 164 g/mol. The maximum absolute atomic E-state index is 4.38. The van der Waals surface area contributed by atoms with E-state index in [2.05, 4.69) is 29.6 Å². The highest BCUT2D eigenvalue weighted by Gasteiger charge is 2.12. The van der Waals surface area contributed by atoms with Gasteiger partial charge >= 0.3 is 0 Å². The quantitative estimate of drug-likeness (QED) is 0.708. The lowest BCUT2D eigenvalue weighted by atomic mass is 10.4. The van der Waals surface area contributed by atoms with E-state index in [4.69, 9.17) is 0 Å². The van der Waals surface area contributed by atoms with Gasteiger partial charge in [0.15, 0.2) is 0 Å². The standard InChI is InChI=1S/C9H16N2Si/c1-8-6-5-7-9(10-8)11-12(2,3)4/h5-7H,1-4H3,(H,10,11). The van der Waals surface area contributed by atoms with Crippen LogP contribution in [0.25, 0.3) is 0 Å². The molecule has 0 atom stereocenters. The molecule has 1 aromatic rings. The van der Waals surface area contributed by atoms with Crippen LogP contribution in [0.1, 0.15) is 5.69 Å². The molecule has 1 heterocycles. The monoisotopic (exact) mass is 180 g/mol. The third-order valence-electron chi connectivity index (χ3n) is 1.39. The molecule has 0 aliphatic carbocycles. The molecule has 0 unspecified atom stereocenters. The lowest BCUT2D eigenvalue weighted by Crippen LogP contribution is -2.32. The second-order valence-electron chi connectivity index (χ2n) is 4.04. The van der Waals surface area contributed by atoms with Crippen molar-refractivity contribution in [3.8, 4) is 0 Å². The predicted octanol–water partition coefficient (Wildman–Crippen LogP) is 2.64. The summed E-state index contributed by atoms with van der Waals surface area (Å²) in [7, 11) is -1.23. The van der Waals surface area contributed by atoms with Gasteiger partial charge in [0.2, 0.25) is 0 Å². The van der Waals surface area contributed by atoms with E-state index in [0.717, 1.165) is 11.5 Å². The zero-order valence-electron chi connectivity index (χ0n) is 8.18. The smallest absolute Gasteiger partial charge is 0.145 e. The Morgan fingerprint density at radius 3 is 2.42 bits per heavy atom. The Bertz CT molecular complexity index is 265. The van der Waals surface area contributed by atoms with Crippen molar-refractivity contribution in [2.45, 2.75) is 26.6 Å². The highest BCUT2D eigenvalue weighted by molar-refractivity contribution is 6.79. The van der Waals surface area contributed by atoms with Gasteiger partial charge in [-0.1, -0.05) is 25.7 Å². The van der Waals surface area contributed by atoms with Gasteiger partial charge in [-0.15, -0.1) is 0 Å². The number of hydrogen-bond donors (Lipinski definition) is 1. The normalized spacial score (nSPS) is 11.3. The van der Waals surface area contributed by atoms with Crippen LogP contribution in [0.3, 0.4) is 0 Å². The zero-order valence-corrected chi connectivity index (χ0v) is 9.18. The number of nitrogens with one attached hydrogen (secondary N) is 1. The van der Waals surface area contributed by atoms with E-state index in [0.29, 0.717) is 0 Å². The fourth-order valence-electron chi connectivity index (χ4n) is 0.997. The van der Waals surface area contributed by atoms with Gasteiger partial charge in [0.05, 0.1) is 0 Å². The third kappa shape index (κ3) is 3.05. The Balaban J connectivity index is 2.77. The van der Waals surface area contributed by atoms with Crippen LogP contribution in [-0.2, 0) is 0 Å². The van der Waals surface area contributed by atoms with Crippen molar-refractivity contribution in [3.05, 3.63) is 23.9 Å². The molecule has 0 aliphatic rings. The van der Waals surface area contributed by atoms with Gasteiger partial charge in [-0.3, -0.25) is 0 Å². The first-order valence-corrected chi connectivity index (χ1v) is 7.69.